The third kappa shape index (κ3) is 3.32. The summed E-state index contributed by atoms with van der Waals surface area (Å²) < 4.78 is 40.4. The summed E-state index contributed by atoms with van der Waals surface area (Å²) in [6.07, 6.45) is 0.940. The van der Waals surface area contributed by atoms with Gasteiger partial charge in [-0.05, 0) is 49.6 Å². The van der Waals surface area contributed by atoms with E-state index in [-0.39, 0.29) is 16.9 Å². The van der Waals surface area contributed by atoms with Gasteiger partial charge in [0.25, 0.3) is 0 Å². The lowest BCUT2D eigenvalue weighted by molar-refractivity contribution is 0.327. The fourth-order valence-electron chi connectivity index (χ4n) is 2.32. The minimum Gasteiger partial charge on any atom is -0.315 e. The van der Waals surface area contributed by atoms with Crippen molar-refractivity contribution in [1.29, 1.82) is 0 Å². The van der Waals surface area contributed by atoms with E-state index in [1.54, 1.807) is 6.92 Å². The molecule has 0 aromatic heterocycles. The zero-order valence-electron chi connectivity index (χ0n) is 11.1. The molecule has 1 aliphatic heterocycles. The second-order valence-electron chi connectivity index (χ2n) is 5.11. The number of rotatable bonds is 3. The van der Waals surface area contributed by atoms with Crippen LogP contribution >= 0.6 is 0 Å². The van der Waals surface area contributed by atoms with Gasteiger partial charge in [0, 0.05) is 12.6 Å². The molecular formula is C13H19FN2O2S. The van der Waals surface area contributed by atoms with Gasteiger partial charge in [0.1, 0.15) is 5.82 Å². The van der Waals surface area contributed by atoms with Gasteiger partial charge >= 0.3 is 0 Å². The molecule has 106 valence electrons. The van der Waals surface area contributed by atoms with Crippen LogP contribution < -0.4 is 10.0 Å². The lowest BCUT2D eigenvalue weighted by Gasteiger charge is -2.30. The van der Waals surface area contributed by atoms with Crippen LogP contribution in [0.3, 0.4) is 0 Å². The standard InChI is InChI=1S/C13H19FN2O2S/c1-9-5-6-15-8-12(9)16-19(17,18)13-4-3-11(14)7-10(13)2/h3-4,7,9,12,15-16H,5-6,8H2,1-2H3/t9-,12+/m0/s1. The highest BCUT2D eigenvalue weighted by Gasteiger charge is 2.27. The molecule has 0 aliphatic carbocycles. The van der Waals surface area contributed by atoms with Crippen LogP contribution in [-0.4, -0.2) is 27.5 Å². The fraction of sp³-hybridized carbons (Fsp3) is 0.538. The first-order valence-electron chi connectivity index (χ1n) is 6.39. The molecule has 2 N–H and O–H groups in total. The van der Waals surface area contributed by atoms with Crippen LogP contribution in [0.5, 0.6) is 0 Å². The molecule has 2 rings (SSSR count). The number of aryl methyl sites for hydroxylation is 1. The Labute approximate surface area is 113 Å². The summed E-state index contributed by atoms with van der Waals surface area (Å²) >= 11 is 0. The topological polar surface area (TPSA) is 58.2 Å². The first kappa shape index (κ1) is 14.4. The molecule has 6 heteroatoms. The van der Waals surface area contributed by atoms with Gasteiger partial charge in [-0.15, -0.1) is 0 Å². The Morgan fingerprint density at radius 3 is 2.79 bits per heavy atom. The van der Waals surface area contributed by atoms with Crippen molar-refractivity contribution in [2.24, 2.45) is 5.92 Å². The molecule has 0 amide bonds. The molecule has 19 heavy (non-hydrogen) atoms. The summed E-state index contributed by atoms with van der Waals surface area (Å²) in [5.41, 5.74) is 0.420. The number of hydrogen-bond donors (Lipinski definition) is 2. The number of benzene rings is 1. The van der Waals surface area contributed by atoms with E-state index in [1.165, 1.54) is 18.2 Å². The van der Waals surface area contributed by atoms with Gasteiger partial charge in [-0.1, -0.05) is 6.92 Å². The molecule has 1 aromatic rings. The van der Waals surface area contributed by atoms with Crippen LogP contribution in [0.15, 0.2) is 23.1 Å². The molecule has 2 atom stereocenters. The number of piperidine rings is 1. The zero-order chi connectivity index (χ0) is 14.0. The van der Waals surface area contributed by atoms with E-state index < -0.39 is 15.8 Å². The number of sulfonamides is 1. The van der Waals surface area contributed by atoms with E-state index in [4.69, 9.17) is 0 Å². The smallest absolute Gasteiger partial charge is 0.241 e. The van der Waals surface area contributed by atoms with Gasteiger partial charge < -0.3 is 5.32 Å². The predicted molar refractivity (Wildman–Crippen MR) is 71.9 cm³/mol. The van der Waals surface area contributed by atoms with Crippen LogP contribution in [0, 0.1) is 18.7 Å². The van der Waals surface area contributed by atoms with Gasteiger partial charge in [-0.2, -0.15) is 0 Å². The lowest BCUT2D eigenvalue weighted by atomic mass is 9.96. The largest absolute Gasteiger partial charge is 0.315 e. The molecule has 0 radical (unpaired) electrons. The Balaban J connectivity index is 2.22. The molecule has 0 saturated carbocycles. The SMILES string of the molecule is Cc1cc(F)ccc1S(=O)(=O)N[C@@H]1CNCC[C@@H]1C. The first-order chi connectivity index (χ1) is 8.90. The van der Waals surface area contributed by atoms with Crippen LogP contribution in [0.2, 0.25) is 0 Å². The molecular weight excluding hydrogens is 267 g/mol. The van der Waals surface area contributed by atoms with Crippen molar-refractivity contribution >= 4 is 10.0 Å². The number of nitrogens with one attached hydrogen (secondary N) is 2. The van der Waals surface area contributed by atoms with Crippen molar-refractivity contribution < 1.29 is 12.8 Å². The maximum absolute atomic E-state index is 13.0. The Hall–Kier alpha value is -0.980. The quantitative estimate of drug-likeness (QED) is 0.883. The van der Waals surface area contributed by atoms with Crippen molar-refractivity contribution in [2.45, 2.75) is 31.2 Å². The van der Waals surface area contributed by atoms with Crippen LogP contribution in [0.4, 0.5) is 4.39 Å². The van der Waals surface area contributed by atoms with Crippen LogP contribution in [-0.2, 0) is 10.0 Å². The van der Waals surface area contributed by atoms with Crippen molar-refractivity contribution in [3.63, 3.8) is 0 Å². The minimum atomic E-state index is -3.60. The highest BCUT2D eigenvalue weighted by atomic mass is 32.2. The Kier molecular flexibility index (Phi) is 4.23. The average Bonchev–Trinajstić information content (AvgIpc) is 2.31. The average molecular weight is 286 g/mol. The summed E-state index contributed by atoms with van der Waals surface area (Å²) in [7, 11) is -3.60. The van der Waals surface area contributed by atoms with E-state index >= 15 is 0 Å². The summed E-state index contributed by atoms with van der Waals surface area (Å²) in [5, 5.41) is 3.18. The van der Waals surface area contributed by atoms with Gasteiger partial charge in [0.05, 0.1) is 4.90 Å². The molecule has 1 saturated heterocycles. The molecule has 1 fully saturated rings. The van der Waals surface area contributed by atoms with Gasteiger partial charge in [0.15, 0.2) is 0 Å². The number of hydrogen-bond acceptors (Lipinski definition) is 3. The van der Waals surface area contributed by atoms with E-state index in [1.807, 2.05) is 6.92 Å². The molecule has 0 bridgehead atoms. The Morgan fingerprint density at radius 1 is 1.42 bits per heavy atom. The Morgan fingerprint density at radius 2 is 2.16 bits per heavy atom. The predicted octanol–water partition coefficient (Wildman–Crippen LogP) is 1.41. The Bertz CT molecular complexity index is 560. The van der Waals surface area contributed by atoms with E-state index in [9.17, 15) is 12.8 Å². The lowest BCUT2D eigenvalue weighted by Crippen LogP contribution is -2.50. The highest BCUT2D eigenvalue weighted by molar-refractivity contribution is 7.89. The second kappa shape index (κ2) is 5.56. The van der Waals surface area contributed by atoms with Gasteiger partial charge in [-0.25, -0.2) is 17.5 Å². The van der Waals surface area contributed by atoms with Crippen LogP contribution in [0.1, 0.15) is 18.9 Å². The maximum Gasteiger partial charge on any atom is 0.241 e. The minimum absolute atomic E-state index is 0.122. The first-order valence-corrected chi connectivity index (χ1v) is 7.87. The summed E-state index contributed by atoms with van der Waals surface area (Å²) in [4.78, 5) is 0.145. The van der Waals surface area contributed by atoms with E-state index in [2.05, 4.69) is 10.0 Å². The van der Waals surface area contributed by atoms with Crippen LogP contribution in [0.25, 0.3) is 0 Å². The van der Waals surface area contributed by atoms with Gasteiger partial charge in [0.2, 0.25) is 10.0 Å². The monoisotopic (exact) mass is 286 g/mol. The van der Waals surface area contributed by atoms with Crippen molar-refractivity contribution in [3.8, 4) is 0 Å². The highest BCUT2D eigenvalue weighted by Crippen LogP contribution is 2.19. The second-order valence-corrected chi connectivity index (χ2v) is 6.79. The normalized spacial score (nSPS) is 24.4. The third-order valence-electron chi connectivity index (χ3n) is 3.56. The molecule has 0 spiro atoms. The van der Waals surface area contributed by atoms with E-state index in [0.717, 1.165) is 13.0 Å². The summed E-state index contributed by atoms with van der Waals surface area (Å²) in [6, 6.07) is 3.60. The number of halogens is 1. The molecule has 1 aromatic carbocycles. The zero-order valence-corrected chi connectivity index (χ0v) is 11.9. The molecule has 4 nitrogen and oxygen atoms in total. The van der Waals surface area contributed by atoms with Crippen molar-refractivity contribution in [1.82, 2.24) is 10.0 Å². The third-order valence-corrected chi connectivity index (χ3v) is 5.21. The molecule has 0 unspecified atom stereocenters. The fourth-order valence-corrected chi connectivity index (χ4v) is 3.90. The van der Waals surface area contributed by atoms with Crippen molar-refractivity contribution in [3.05, 3.63) is 29.6 Å². The van der Waals surface area contributed by atoms with E-state index in [0.29, 0.717) is 12.1 Å². The van der Waals surface area contributed by atoms with Gasteiger partial charge in [-0.3, -0.25) is 0 Å². The summed E-state index contributed by atoms with van der Waals surface area (Å²) in [5.74, 6) is -0.138. The van der Waals surface area contributed by atoms with Crippen molar-refractivity contribution in [2.75, 3.05) is 13.1 Å². The summed E-state index contributed by atoms with van der Waals surface area (Å²) in [6.45, 7) is 5.17. The maximum atomic E-state index is 13.0. The molecule has 1 aliphatic rings. The molecule has 1 heterocycles.